The number of hydrogen-bond donors (Lipinski definition) is 2. The molecule has 0 fully saturated rings. The van der Waals surface area contributed by atoms with Gasteiger partial charge in [0.1, 0.15) is 0 Å². The lowest BCUT2D eigenvalue weighted by Crippen LogP contribution is -2.31. The van der Waals surface area contributed by atoms with E-state index in [1.54, 1.807) is 25.1 Å². The average molecular weight is 308 g/mol. The summed E-state index contributed by atoms with van der Waals surface area (Å²) in [6, 6.07) is 5.05. The predicted octanol–water partition coefficient (Wildman–Crippen LogP) is 1.42. The lowest BCUT2D eigenvalue weighted by molar-refractivity contribution is 0.198. The van der Waals surface area contributed by atoms with Crippen LogP contribution >= 0.6 is 15.9 Å². The Kier molecular flexibility index (Phi) is 4.49. The predicted molar refractivity (Wildman–Crippen MR) is 65.7 cm³/mol. The maximum atomic E-state index is 11.9. The monoisotopic (exact) mass is 307 g/mol. The zero-order chi connectivity index (χ0) is 12.3. The van der Waals surface area contributed by atoms with Gasteiger partial charge in [-0.2, -0.15) is 0 Å². The van der Waals surface area contributed by atoms with Crippen molar-refractivity contribution in [2.45, 2.75) is 24.8 Å². The van der Waals surface area contributed by atoms with Gasteiger partial charge in [0.25, 0.3) is 0 Å². The molecule has 0 radical (unpaired) electrons. The Labute approximate surface area is 104 Å². The van der Waals surface area contributed by atoms with Crippen molar-refractivity contribution >= 4 is 26.0 Å². The summed E-state index contributed by atoms with van der Waals surface area (Å²) in [6.07, 6.45) is -0.706. The first-order valence-corrected chi connectivity index (χ1v) is 7.04. The lowest BCUT2D eigenvalue weighted by atomic mass is 10.2. The summed E-state index contributed by atoms with van der Waals surface area (Å²) in [5.74, 6) is 0. The van der Waals surface area contributed by atoms with Gasteiger partial charge in [0.05, 0.1) is 11.0 Å². The van der Waals surface area contributed by atoms with Gasteiger partial charge in [-0.3, -0.25) is 0 Å². The van der Waals surface area contributed by atoms with E-state index >= 15 is 0 Å². The normalized spacial score (nSPS) is 13.8. The van der Waals surface area contributed by atoms with Crippen LogP contribution in [0.2, 0.25) is 0 Å². The Bertz CT molecular complexity index is 471. The van der Waals surface area contributed by atoms with Crippen LogP contribution in [0, 0.1) is 6.92 Å². The van der Waals surface area contributed by atoms with Crippen LogP contribution in [-0.2, 0) is 10.0 Å². The van der Waals surface area contributed by atoms with Crippen molar-refractivity contribution in [3.8, 4) is 0 Å². The summed E-state index contributed by atoms with van der Waals surface area (Å²) in [5, 5.41) is 9.05. The molecule has 0 aliphatic rings. The van der Waals surface area contributed by atoms with E-state index < -0.39 is 16.1 Å². The van der Waals surface area contributed by atoms with E-state index in [1.165, 1.54) is 6.92 Å². The quantitative estimate of drug-likeness (QED) is 0.884. The Morgan fingerprint density at radius 2 is 2.12 bits per heavy atom. The van der Waals surface area contributed by atoms with E-state index in [1.807, 2.05) is 0 Å². The van der Waals surface area contributed by atoms with Gasteiger partial charge in [-0.1, -0.05) is 22.0 Å². The molecule has 0 aromatic heterocycles. The molecule has 0 spiro atoms. The minimum atomic E-state index is -3.55. The van der Waals surface area contributed by atoms with E-state index in [9.17, 15) is 8.42 Å². The van der Waals surface area contributed by atoms with E-state index in [4.69, 9.17) is 5.11 Å². The second-order valence-electron chi connectivity index (χ2n) is 3.61. The number of benzene rings is 1. The summed E-state index contributed by atoms with van der Waals surface area (Å²) in [6.45, 7) is 3.26. The first-order valence-electron chi connectivity index (χ1n) is 4.77. The number of aliphatic hydroxyl groups excluding tert-OH is 1. The van der Waals surface area contributed by atoms with Crippen LogP contribution in [0.3, 0.4) is 0 Å². The van der Waals surface area contributed by atoms with Crippen molar-refractivity contribution in [3.05, 3.63) is 28.2 Å². The first-order chi connectivity index (χ1) is 7.33. The molecule has 0 bridgehead atoms. The Morgan fingerprint density at radius 3 is 2.69 bits per heavy atom. The average Bonchev–Trinajstić information content (AvgIpc) is 2.19. The number of rotatable bonds is 4. The smallest absolute Gasteiger partial charge is 0.240 e. The topological polar surface area (TPSA) is 66.4 Å². The SMILES string of the molecule is Cc1ccc(Br)cc1S(=O)(=O)NC[C@@H](C)O. The highest BCUT2D eigenvalue weighted by molar-refractivity contribution is 9.10. The molecule has 0 aliphatic heterocycles. The van der Waals surface area contributed by atoms with Crippen molar-refractivity contribution in [3.63, 3.8) is 0 Å². The van der Waals surface area contributed by atoms with E-state index in [-0.39, 0.29) is 11.4 Å². The molecule has 16 heavy (non-hydrogen) atoms. The molecule has 0 saturated heterocycles. The van der Waals surface area contributed by atoms with Gasteiger partial charge in [0.2, 0.25) is 10.0 Å². The van der Waals surface area contributed by atoms with Crippen molar-refractivity contribution in [2.75, 3.05) is 6.54 Å². The van der Waals surface area contributed by atoms with Gasteiger partial charge in [0, 0.05) is 11.0 Å². The summed E-state index contributed by atoms with van der Waals surface area (Å²) >= 11 is 3.23. The van der Waals surface area contributed by atoms with Gasteiger partial charge in [-0.15, -0.1) is 0 Å². The van der Waals surface area contributed by atoms with E-state index in [0.29, 0.717) is 10.0 Å². The Hall–Kier alpha value is -0.430. The first kappa shape index (κ1) is 13.6. The van der Waals surface area contributed by atoms with Crippen molar-refractivity contribution in [2.24, 2.45) is 0 Å². The second kappa shape index (κ2) is 5.27. The molecule has 4 nitrogen and oxygen atoms in total. The van der Waals surface area contributed by atoms with Crippen LogP contribution in [0.25, 0.3) is 0 Å². The summed E-state index contributed by atoms with van der Waals surface area (Å²) in [4.78, 5) is 0.225. The molecule has 1 rings (SSSR count). The fourth-order valence-corrected chi connectivity index (χ4v) is 3.07. The Balaban J connectivity index is 3.02. The number of aliphatic hydroxyl groups is 1. The molecule has 90 valence electrons. The highest BCUT2D eigenvalue weighted by Gasteiger charge is 2.17. The molecule has 2 N–H and O–H groups in total. The standard InChI is InChI=1S/C10H14BrNO3S/c1-7-3-4-9(11)5-10(7)16(14,15)12-6-8(2)13/h3-5,8,12-13H,6H2,1-2H3/t8-/m1/s1. The van der Waals surface area contributed by atoms with Gasteiger partial charge >= 0.3 is 0 Å². The molecule has 0 saturated carbocycles. The fraction of sp³-hybridized carbons (Fsp3) is 0.400. The van der Waals surface area contributed by atoms with Crippen LogP contribution in [0.15, 0.2) is 27.6 Å². The highest BCUT2D eigenvalue weighted by atomic mass is 79.9. The van der Waals surface area contributed by atoms with Crippen molar-refractivity contribution < 1.29 is 13.5 Å². The van der Waals surface area contributed by atoms with Crippen LogP contribution in [0.1, 0.15) is 12.5 Å². The highest BCUT2D eigenvalue weighted by Crippen LogP contribution is 2.20. The maximum absolute atomic E-state index is 11.9. The molecular formula is C10H14BrNO3S. The van der Waals surface area contributed by atoms with Crippen LogP contribution in [-0.4, -0.2) is 26.2 Å². The number of sulfonamides is 1. The van der Waals surface area contributed by atoms with Crippen molar-refractivity contribution in [1.29, 1.82) is 0 Å². The molecule has 0 aliphatic carbocycles. The molecule has 1 aromatic carbocycles. The summed E-state index contributed by atoms with van der Waals surface area (Å²) < 4.78 is 26.8. The minimum Gasteiger partial charge on any atom is -0.392 e. The second-order valence-corrected chi connectivity index (χ2v) is 6.26. The third kappa shape index (κ3) is 3.55. The molecule has 1 atom stereocenters. The van der Waals surface area contributed by atoms with Gasteiger partial charge in [0.15, 0.2) is 0 Å². The zero-order valence-electron chi connectivity index (χ0n) is 9.07. The van der Waals surface area contributed by atoms with E-state index in [2.05, 4.69) is 20.7 Å². The molecule has 0 unspecified atom stereocenters. The van der Waals surface area contributed by atoms with Crippen LogP contribution in [0.5, 0.6) is 0 Å². The molecule has 1 aromatic rings. The third-order valence-corrected chi connectivity index (χ3v) is 4.07. The minimum absolute atomic E-state index is 0.00822. The summed E-state index contributed by atoms with van der Waals surface area (Å²) in [7, 11) is -3.55. The van der Waals surface area contributed by atoms with Gasteiger partial charge in [-0.05, 0) is 31.5 Å². The van der Waals surface area contributed by atoms with E-state index in [0.717, 1.165) is 0 Å². The lowest BCUT2D eigenvalue weighted by Gasteiger charge is -2.10. The van der Waals surface area contributed by atoms with Crippen LogP contribution < -0.4 is 4.72 Å². The number of aryl methyl sites for hydroxylation is 1. The van der Waals surface area contributed by atoms with Crippen molar-refractivity contribution in [1.82, 2.24) is 4.72 Å². The van der Waals surface area contributed by atoms with Gasteiger partial charge in [-0.25, -0.2) is 13.1 Å². The maximum Gasteiger partial charge on any atom is 0.240 e. The third-order valence-electron chi connectivity index (χ3n) is 2.01. The molecule has 6 heteroatoms. The number of hydrogen-bond acceptors (Lipinski definition) is 3. The summed E-state index contributed by atoms with van der Waals surface area (Å²) in [5.41, 5.74) is 0.668. The Morgan fingerprint density at radius 1 is 1.50 bits per heavy atom. The molecule has 0 amide bonds. The largest absolute Gasteiger partial charge is 0.392 e. The van der Waals surface area contributed by atoms with Gasteiger partial charge < -0.3 is 5.11 Å². The number of halogens is 1. The zero-order valence-corrected chi connectivity index (χ0v) is 11.5. The van der Waals surface area contributed by atoms with Crippen LogP contribution in [0.4, 0.5) is 0 Å². The number of nitrogens with one attached hydrogen (secondary N) is 1. The fourth-order valence-electron chi connectivity index (χ4n) is 1.17. The molecule has 0 heterocycles. The molecular weight excluding hydrogens is 294 g/mol.